The van der Waals surface area contributed by atoms with E-state index in [0.717, 1.165) is 6.20 Å². The van der Waals surface area contributed by atoms with Crippen molar-refractivity contribution < 1.29 is 13.7 Å². The van der Waals surface area contributed by atoms with Crippen LogP contribution in [0.3, 0.4) is 0 Å². The van der Waals surface area contributed by atoms with Crippen molar-refractivity contribution in [3.05, 3.63) is 64.3 Å². The van der Waals surface area contributed by atoms with Crippen molar-refractivity contribution in [2.45, 2.75) is 0 Å². The summed E-state index contributed by atoms with van der Waals surface area (Å²) in [5.41, 5.74) is 0.715. The van der Waals surface area contributed by atoms with Crippen LogP contribution in [-0.4, -0.2) is 4.92 Å². The molecule has 1 heterocycles. The van der Waals surface area contributed by atoms with Crippen molar-refractivity contribution in [3.63, 3.8) is 0 Å². The van der Waals surface area contributed by atoms with Gasteiger partial charge >= 0.3 is 0 Å². The molecule has 0 N–H and O–H groups in total. The van der Waals surface area contributed by atoms with Crippen LogP contribution in [0.25, 0.3) is 17.4 Å². The topological polar surface area (TPSA) is 56.3 Å². The maximum absolute atomic E-state index is 12.7. The lowest BCUT2D eigenvalue weighted by Gasteiger charge is -1.95. The van der Waals surface area contributed by atoms with E-state index in [9.17, 15) is 14.5 Å². The predicted octanol–water partition coefficient (Wildman–Crippen LogP) is 3.33. The first-order valence-electron chi connectivity index (χ1n) is 4.82. The first kappa shape index (κ1) is 11.1. The average molecular weight is 233 g/mol. The highest BCUT2D eigenvalue weighted by Gasteiger charge is 2.03. The van der Waals surface area contributed by atoms with E-state index in [1.807, 2.05) is 0 Å². The molecule has 0 aliphatic carbocycles. The van der Waals surface area contributed by atoms with Crippen LogP contribution in [0.2, 0.25) is 0 Å². The summed E-state index contributed by atoms with van der Waals surface area (Å²) in [5.74, 6) is 0.586. The quantitative estimate of drug-likeness (QED) is 0.603. The summed E-state index contributed by atoms with van der Waals surface area (Å²) in [7, 11) is 0. The molecule has 1 aromatic carbocycles. The summed E-state index contributed by atoms with van der Waals surface area (Å²) < 4.78 is 18.0. The van der Waals surface area contributed by atoms with Crippen LogP contribution in [0.15, 0.2) is 47.0 Å². The predicted molar refractivity (Wildman–Crippen MR) is 60.1 cm³/mol. The van der Waals surface area contributed by atoms with Crippen molar-refractivity contribution in [2.24, 2.45) is 0 Å². The van der Waals surface area contributed by atoms with Gasteiger partial charge < -0.3 is 4.42 Å². The van der Waals surface area contributed by atoms with Gasteiger partial charge in [0.2, 0.25) is 6.20 Å². The summed E-state index contributed by atoms with van der Waals surface area (Å²) in [6.07, 6.45) is 2.06. The van der Waals surface area contributed by atoms with Crippen LogP contribution < -0.4 is 0 Å². The second kappa shape index (κ2) is 4.61. The lowest BCUT2D eigenvalue weighted by molar-refractivity contribution is -0.401. The monoisotopic (exact) mass is 233 g/mol. The van der Waals surface area contributed by atoms with Gasteiger partial charge in [0, 0.05) is 5.56 Å². The molecule has 0 spiro atoms. The van der Waals surface area contributed by atoms with Crippen LogP contribution in [0.4, 0.5) is 4.39 Å². The van der Waals surface area contributed by atoms with Crippen LogP contribution in [-0.2, 0) is 0 Å². The Morgan fingerprint density at radius 1 is 1.18 bits per heavy atom. The maximum Gasteiger partial charge on any atom is 0.238 e. The van der Waals surface area contributed by atoms with Gasteiger partial charge in [0.05, 0.1) is 11.0 Å². The fourth-order valence-electron chi connectivity index (χ4n) is 1.35. The number of hydrogen-bond donors (Lipinski definition) is 0. The summed E-state index contributed by atoms with van der Waals surface area (Å²) in [4.78, 5) is 9.55. The third-order valence-electron chi connectivity index (χ3n) is 2.12. The largest absolute Gasteiger partial charge is 0.457 e. The van der Waals surface area contributed by atoms with Gasteiger partial charge in [-0.3, -0.25) is 10.1 Å². The molecule has 0 radical (unpaired) electrons. The minimum Gasteiger partial charge on any atom is -0.457 e. The lowest BCUT2D eigenvalue weighted by atomic mass is 10.2. The molecule has 0 aliphatic heterocycles. The average Bonchev–Trinajstić information content (AvgIpc) is 2.76. The fourth-order valence-corrected chi connectivity index (χ4v) is 1.35. The highest BCUT2D eigenvalue weighted by atomic mass is 19.1. The highest BCUT2D eigenvalue weighted by Crippen LogP contribution is 2.22. The van der Waals surface area contributed by atoms with E-state index < -0.39 is 4.92 Å². The van der Waals surface area contributed by atoms with E-state index in [1.54, 1.807) is 24.3 Å². The molecule has 0 aliphatic rings. The molecule has 1 aromatic heterocycles. The molecule has 0 fully saturated rings. The van der Waals surface area contributed by atoms with Gasteiger partial charge in [-0.25, -0.2) is 4.39 Å². The summed E-state index contributed by atoms with van der Waals surface area (Å²) in [5, 5.41) is 10.1. The van der Waals surface area contributed by atoms with Crippen molar-refractivity contribution >= 4 is 6.08 Å². The van der Waals surface area contributed by atoms with Gasteiger partial charge in [-0.2, -0.15) is 0 Å². The van der Waals surface area contributed by atoms with Gasteiger partial charge in [0.15, 0.2) is 0 Å². The lowest BCUT2D eigenvalue weighted by Crippen LogP contribution is -1.81. The van der Waals surface area contributed by atoms with E-state index in [0.29, 0.717) is 17.1 Å². The Labute approximate surface area is 96.1 Å². The van der Waals surface area contributed by atoms with Crippen LogP contribution in [0.5, 0.6) is 0 Å². The van der Waals surface area contributed by atoms with Gasteiger partial charge in [0.1, 0.15) is 17.3 Å². The molecule has 5 heteroatoms. The molecular weight excluding hydrogens is 225 g/mol. The molecule has 17 heavy (non-hydrogen) atoms. The van der Waals surface area contributed by atoms with Crippen molar-refractivity contribution in [1.29, 1.82) is 0 Å². The molecule has 2 aromatic rings. The molecule has 0 atom stereocenters. The number of benzene rings is 1. The molecule has 2 rings (SSSR count). The molecule has 0 unspecified atom stereocenters. The molecule has 0 amide bonds. The van der Waals surface area contributed by atoms with E-state index in [4.69, 9.17) is 4.42 Å². The van der Waals surface area contributed by atoms with Crippen molar-refractivity contribution in [2.75, 3.05) is 0 Å². The highest BCUT2D eigenvalue weighted by molar-refractivity contribution is 5.59. The summed E-state index contributed by atoms with van der Waals surface area (Å²) in [6, 6.07) is 9.09. The van der Waals surface area contributed by atoms with E-state index in [-0.39, 0.29) is 5.82 Å². The summed E-state index contributed by atoms with van der Waals surface area (Å²) >= 11 is 0. The second-order valence-electron chi connectivity index (χ2n) is 3.31. The molecular formula is C12H8FNO3. The molecule has 0 bridgehead atoms. The molecule has 0 saturated carbocycles. The zero-order valence-electron chi connectivity index (χ0n) is 8.67. The minimum atomic E-state index is -0.569. The maximum atomic E-state index is 12.7. The Morgan fingerprint density at radius 2 is 1.88 bits per heavy atom. The number of nitro groups is 1. The third kappa shape index (κ3) is 2.78. The van der Waals surface area contributed by atoms with E-state index in [2.05, 4.69) is 0 Å². The number of nitrogens with zero attached hydrogens (tertiary/aromatic N) is 1. The first-order valence-corrected chi connectivity index (χ1v) is 4.82. The van der Waals surface area contributed by atoms with Crippen molar-refractivity contribution in [1.82, 2.24) is 0 Å². The van der Waals surface area contributed by atoms with Crippen LogP contribution >= 0.6 is 0 Å². The minimum absolute atomic E-state index is 0.325. The first-order chi connectivity index (χ1) is 8.15. The molecule has 0 saturated heterocycles. The number of furan rings is 1. The van der Waals surface area contributed by atoms with E-state index in [1.165, 1.54) is 18.2 Å². The Morgan fingerprint density at radius 3 is 2.53 bits per heavy atom. The van der Waals surface area contributed by atoms with Gasteiger partial charge in [-0.05, 0) is 36.4 Å². The van der Waals surface area contributed by atoms with Crippen LogP contribution in [0.1, 0.15) is 5.76 Å². The Kier molecular flexibility index (Phi) is 3.00. The smallest absolute Gasteiger partial charge is 0.238 e. The van der Waals surface area contributed by atoms with Gasteiger partial charge in [-0.1, -0.05) is 0 Å². The SMILES string of the molecule is O=[N+]([O-])C=Cc1ccc(-c2ccc(F)cc2)o1. The van der Waals surface area contributed by atoms with Crippen LogP contribution in [0, 0.1) is 15.9 Å². The summed E-state index contributed by atoms with van der Waals surface area (Å²) in [6.45, 7) is 0. The Bertz CT molecular complexity index is 557. The Hall–Kier alpha value is -2.43. The van der Waals surface area contributed by atoms with E-state index >= 15 is 0 Å². The number of hydrogen-bond acceptors (Lipinski definition) is 3. The number of rotatable bonds is 3. The zero-order chi connectivity index (χ0) is 12.3. The zero-order valence-corrected chi connectivity index (χ0v) is 8.67. The molecule has 86 valence electrons. The second-order valence-corrected chi connectivity index (χ2v) is 3.31. The molecule has 4 nitrogen and oxygen atoms in total. The van der Waals surface area contributed by atoms with Crippen molar-refractivity contribution in [3.8, 4) is 11.3 Å². The third-order valence-corrected chi connectivity index (χ3v) is 2.12. The van der Waals surface area contributed by atoms with Gasteiger partial charge in [-0.15, -0.1) is 0 Å². The normalized spacial score (nSPS) is 10.9. The standard InChI is InChI=1S/C12H8FNO3/c13-10-3-1-9(2-4-10)12-6-5-11(17-12)7-8-14(15)16/h1-8H. The Balaban J connectivity index is 2.23. The fraction of sp³-hybridized carbons (Fsp3) is 0. The van der Waals surface area contributed by atoms with Gasteiger partial charge in [0.25, 0.3) is 0 Å². The number of halogens is 1.